The molecular formula is C26H29N7O5S. The first-order chi connectivity index (χ1) is 18.8. The van der Waals surface area contributed by atoms with Gasteiger partial charge in [0.1, 0.15) is 12.1 Å². The first-order valence-corrected chi connectivity index (χ1v) is 14.8. The number of fused-ring (bicyclic) bond motifs is 1. The topological polar surface area (TPSA) is 140 Å². The van der Waals surface area contributed by atoms with Gasteiger partial charge in [0.2, 0.25) is 5.91 Å². The molecule has 0 aliphatic carbocycles. The molecular weight excluding hydrogens is 522 g/mol. The Morgan fingerprint density at radius 2 is 1.69 bits per heavy atom. The Balaban J connectivity index is 1.20. The Kier molecular flexibility index (Phi) is 6.25. The summed E-state index contributed by atoms with van der Waals surface area (Å²) in [5, 5.41) is 7.49. The van der Waals surface area contributed by atoms with Gasteiger partial charge in [-0.2, -0.15) is 5.10 Å². The first kappa shape index (κ1) is 25.3. The minimum atomic E-state index is -3.12. The van der Waals surface area contributed by atoms with E-state index >= 15 is 0 Å². The summed E-state index contributed by atoms with van der Waals surface area (Å²) in [6.07, 6.45) is 3.99. The van der Waals surface area contributed by atoms with Gasteiger partial charge < -0.3 is 19.6 Å². The molecule has 2 aromatic heterocycles. The monoisotopic (exact) mass is 551 g/mol. The normalized spacial score (nSPS) is 20.7. The van der Waals surface area contributed by atoms with Crippen LogP contribution in [0.1, 0.15) is 23.2 Å². The van der Waals surface area contributed by atoms with Crippen LogP contribution >= 0.6 is 0 Å². The van der Waals surface area contributed by atoms with Crippen LogP contribution in [0.2, 0.25) is 0 Å². The molecule has 6 rings (SSSR count). The molecule has 204 valence electrons. The fourth-order valence-electron chi connectivity index (χ4n) is 5.76. The lowest BCUT2D eigenvalue weighted by Gasteiger charge is -2.43. The highest BCUT2D eigenvalue weighted by molar-refractivity contribution is 7.91. The van der Waals surface area contributed by atoms with Crippen LogP contribution < -0.4 is 4.90 Å². The Bertz CT molecular complexity index is 1520. The highest BCUT2D eigenvalue weighted by Gasteiger charge is 2.54. The van der Waals surface area contributed by atoms with Gasteiger partial charge >= 0.3 is 0 Å². The Morgan fingerprint density at radius 1 is 0.974 bits per heavy atom. The Hall–Kier alpha value is -4.00. The van der Waals surface area contributed by atoms with Crippen molar-refractivity contribution in [2.45, 2.75) is 18.4 Å². The molecule has 0 saturated carbocycles. The van der Waals surface area contributed by atoms with E-state index in [1.807, 2.05) is 35.2 Å². The second-order valence-electron chi connectivity index (χ2n) is 10.3. The van der Waals surface area contributed by atoms with E-state index in [2.05, 4.69) is 15.2 Å². The van der Waals surface area contributed by atoms with E-state index in [9.17, 15) is 22.8 Å². The average molecular weight is 552 g/mol. The SMILES string of the molecule is O=C(CN1CN(c2ccccc2)C2(CCN(C(=O)c3cnc4[nH]ncc4c3)CC2)C1=O)N1CCS(=O)(=O)CC1. The third kappa shape index (κ3) is 4.60. The molecule has 0 radical (unpaired) electrons. The molecule has 0 unspecified atom stereocenters. The van der Waals surface area contributed by atoms with Crippen molar-refractivity contribution in [3.63, 3.8) is 0 Å². The zero-order chi connectivity index (χ0) is 27.2. The number of aromatic amines is 1. The van der Waals surface area contributed by atoms with Crippen LogP contribution in [0.15, 0.2) is 48.8 Å². The predicted molar refractivity (Wildman–Crippen MR) is 142 cm³/mol. The molecule has 13 heteroatoms. The summed E-state index contributed by atoms with van der Waals surface area (Å²) < 4.78 is 23.6. The molecule has 1 N–H and O–H groups in total. The van der Waals surface area contributed by atoms with Crippen molar-refractivity contribution in [1.82, 2.24) is 29.9 Å². The smallest absolute Gasteiger partial charge is 0.255 e. The quantitative estimate of drug-likeness (QED) is 0.494. The number of carbonyl (C=O) groups is 3. The summed E-state index contributed by atoms with van der Waals surface area (Å²) in [6, 6.07) is 11.4. The van der Waals surface area contributed by atoms with Crippen molar-refractivity contribution in [2.75, 3.05) is 55.8 Å². The molecule has 3 aliphatic heterocycles. The van der Waals surface area contributed by atoms with E-state index in [1.165, 1.54) is 11.1 Å². The number of benzene rings is 1. The lowest BCUT2D eigenvalue weighted by molar-refractivity contribution is -0.140. The van der Waals surface area contributed by atoms with E-state index < -0.39 is 15.4 Å². The van der Waals surface area contributed by atoms with Crippen LogP contribution in [0.4, 0.5) is 5.69 Å². The van der Waals surface area contributed by atoms with E-state index in [0.717, 1.165) is 11.1 Å². The zero-order valence-electron chi connectivity index (χ0n) is 21.3. The Labute approximate surface area is 225 Å². The van der Waals surface area contributed by atoms with E-state index in [1.54, 1.807) is 22.1 Å². The molecule has 12 nitrogen and oxygen atoms in total. The fraction of sp³-hybridized carbons (Fsp3) is 0.423. The second kappa shape index (κ2) is 9.63. The number of hydrogen-bond acceptors (Lipinski definition) is 8. The van der Waals surface area contributed by atoms with Crippen molar-refractivity contribution in [3.05, 3.63) is 54.4 Å². The maximum absolute atomic E-state index is 13.9. The second-order valence-corrected chi connectivity index (χ2v) is 12.6. The van der Waals surface area contributed by atoms with Crippen molar-refractivity contribution in [2.24, 2.45) is 0 Å². The lowest BCUT2D eigenvalue weighted by Crippen LogP contribution is -2.57. The number of pyridine rings is 1. The van der Waals surface area contributed by atoms with E-state index in [0.29, 0.717) is 37.1 Å². The van der Waals surface area contributed by atoms with Crippen LogP contribution in [0.3, 0.4) is 0 Å². The first-order valence-electron chi connectivity index (χ1n) is 12.9. The van der Waals surface area contributed by atoms with Gasteiger partial charge in [0.25, 0.3) is 11.8 Å². The number of para-hydroxylation sites is 1. The number of anilines is 1. The number of rotatable bonds is 4. The largest absolute Gasteiger partial charge is 0.339 e. The van der Waals surface area contributed by atoms with Crippen molar-refractivity contribution in [1.29, 1.82) is 0 Å². The van der Waals surface area contributed by atoms with Crippen molar-refractivity contribution < 1.29 is 22.8 Å². The van der Waals surface area contributed by atoms with Gasteiger partial charge in [0, 0.05) is 43.4 Å². The zero-order valence-corrected chi connectivity index (χ0v) is 22.1. The number of hydrogen-bond donors (Lipinski definition) is 1. The molecule has 5 heterocycles. The van der Waals surface area contributed by atoms with Gasteiger partial charge in [-0.05, 0) is 31.0 Å². The summed E-state index contributed by atoms with van der Waals surface area (Å²) in [5.74, 6) is -0.653. The highest BCUT2D eigenvalue weighted by atomic mass is 32.2. The van der Waals surface area contributed by atoms with Crippen LogP contribution in [0.25, 0.3) is 11.0 Å². The number of carbonyl (C=O) groups excluding carboxylic acids is 3. The molecule has 3 amide bonds. The van der Waals surface area contributed by atoms with Gasteiger partial charge in [-0.15, -0.1) is 0 Å². The number of nitrogens with one attached hydrogen (secondary N) is 1. The molecule has 3 aliphatic rings. The van der Waals surface area contributed by atoms with Gasteiger partial charge in [0.05, 0.1) is 29.9 Å². The van der Waals surface area contributed by atoms with Gasteiger partial charge in [-0.1, -0.05) is 18.2 Å². The van der Waals surface area contributed by atoms with Crippen molar-refractivity contribution in [3.8, 4) is 0 Å². The summed E-state index contributed by atoms with van der Waals surface area (Å²) >= 11 is 0. The summed E-state index contributed by atoms with van der Waals surface area (Å²) in [4.78, 5) is 51.4. The summed E-state index contributed by atoms with van der Waals surface area (Å²) in [5.41, 5.74) is 1.07. The minimum absolute atomic E-state index is 0.0559. The van der Waals surface area contributed by atoms with E-state index in [-0.39, 0.29) is 55.5 Å². The number of amides is 3. The standard InChI is InChI=1S/C26H29N7O5S/c34-22(30-10-12-39(37,38)13-11-30)17-32-18-33(21-4-2-1-3-5-21)26(25(32)36)6-8-31(9-7-26)24(35)20-14-19-16-28-29-23(19)27-15-20/h1-5,14-16H,6-13,17-18H2,(H,27,28,29). The molecule has 1 spiro atoms. The fourth-order valence-corrected chi connectivity index (χ4v) is 6.96. The van der Waals surface area contributed by atoms with Crippen LogP contribution in [-0.2, 0) is 19.4 Å². The molecule has 0 atom stereocenters. The van der Waals surface area contributed by atoms with Crippen molar-refractivity contribution >= 4 is 44.3 Å². The Morgan fingerprint density at radius 3 is 2.41 bits per heavy atom. The third-order valence-electron chi connectivity index (χ3n) is 8.02. The molecule has 3 fully saturated rings. The molecule has 3 saturated heterocycles. The van der Waals surface area contributed by atoms with Crippen LogP contribution in [-0.4, -0.2) is 112 Å². The molecule has 1 aromatic carbocycles. The number of piperidine rings is 1. The average Bonchev–Trinajstić information content (AvgIpc) is 3.52. The molecule has 0 bridgehead atoms. The number of H-pyrrole nitrogens is 1. The maximum atomic E-state index is 13.9. The number of aromatic nitrogens is 3. The summed E-state index contributed by atoms with van der Waals surface area (Å²) in [6.45, 7) is 1.19. The van der Waals surface area contributed by atoms with Gasteiger partial charge in [-0.25, -0.2) is 13.4 Å². The minimum Gasteiger partial charge on any atom is -0.339 e. The van der Waals surface area contributed by atoms with Gasteiger partial charge in [0.15, 0.2) is 15.5 Å². The van der Waals surface area contributed by atoms with E-state index in [4.69, 9.17) is 0 Å². The molecule has 3 aromatic rings. The lowest BCUT2D eigenvalue weighted by atomic mass is 9.85. The summed E-state index contributed by atoms with van der Waals surface area (Å²) in [7, 11) is -3.12. The van der Waals surface area contributed by atoms with Crippen LogP contribution in [0, 0.1) is 0 Å². The van der Waals surface area contributed by atoms with Crippen LogP contribution in [0.5, 0.6) is 0 Å². The molecule has 39 heavy (non-hydrogen) atoms. The number of likely N-dealkylation sites (tertiary alicyclic amines) is 1. The maximum Gasteiger partial charge on any atom is 0.255 e. The number of nitrogens with zero attached hydrogens (tertiary/aromatic N) is 6. The third-order valence-corrected chi connectivity index (χ3v) is 9.63. The predicted octanol–water partition coefficient (Wildman–Crippen LogP) is 0.496. The highest BCUT2D eigenvalue weighted by Crippen LogP contribution is 2.39. The number of sulfone groups is 1. The van der Waals surface area contributed by atoms with Gasteiger partial charge in [-0.3, -0.25) is 19.5 Å².